The van der Waals surface area contributed by atoms with Gasteiger partial charge in [0.1, 0.15) is 10.6 Å². The summed E-state index contributed by atoms with van der Waals surface area (Å²) in [5.74, 6) is 0.254. The fourth-order valence-electron chi connectivity index (χ4n) is 4.37. The number of nitrogens with zero attached hydrogens (tertiary/aromatic N) is 2. The van der Waals surface area contributed by atoms with Crippen molar-refractivity contribution in [1.82, 2.24) is 14.5 Å². The van der Waals surface area contributed by atoms with Crippen LogP contribution in [-0.2, 0) is 29.4 Å². The van der Waals surface area contributed by atoms with E-state index < -0.39 is 16.1 Å². The molecule has 0 fully saturated rings. The largest absolute Gasteiger partial charge is 0.495 e. The number of methoxy groups -OCH3 is 1. The number of aryl methyl sites for hydroxylation is 1. The van der Waals surface area contributed by atoms with Gasteiger partial charge in [-0.1, -0.05) is 30.3 Å². The number of fused-ring (bicyclic) bond motifs is 1. The van der Waals surface area contributed by atoms with Crippen molar-refractivity contribution in [1.29, 1.82) is 0 Å². The molecular weight excluding hydrogens is 438 g/mol. The lowest BCUT2D eigenvalue weighted by atomic mass is 9.90. The first-order valence-corrected chi connectivity index (χ1v) is 12.7. The SMILES string of the molecule is CCn1nc(-c2ccc(OC)c(S(=O)(=O)NC(C)c3ccccc3)c2)c2c(c1=O)CCCC2. The summed E-state index contributed by atoms with van der Waals surface area (Å²) in [6.45, 7) is 4.14. The maximum absolute atomic E-state index is 13.4. The second kappa shape index (κ2) is 9.49. The van der Waals surface area contributed by atoms with E-state index in [4.69, 9.17) is 4.74 Å². The Morgan fingerprint density at radius 3 is 2.45 bits per heavy atom. The van der Waals surface area contributed by atoms with Gasteiger partial charge in [-0.05, 0) is 68.9 Å². The monoisotopic (exact) mass is 467 g/mol. The number of benzene rings is 2. The third-order valence-electron chi connectivity index (χ3n) is 6.12. The molecule has 3 aromatic rings. The topological polar surface area (TPSA) is 90.3 Å². The van der Waals surface area contributed by atoms with Crippen LogP contribution in [0.4, 0.5) is 0 Å². The molecule has 0 bridgehead atoms. The van der Waals surface area contributed by atoms with Crippen molar-refractivity contribution >= 4 is 10.0 Å². The zero-order valence-corrected chi connectivity index (χ0v) is 20.0. The van der Waals surface area contributed by atoms with Crippen LogP contribution in [-0.4, -0.2) is 25.3 Å². The molecule has 1 atom stereocenters. The van der Waals surface area contributed by atoms with Crippen LogP contribution in [0.15, 0.2) is 58.2 Å². The number of hydrogen-bond acceptors (Lipinski definition) is 5. The van der Waals surface area contributed by atoms with Crippen LogP contribution >= 0.6 is 0 Å². The Kier molecular flexibility index (Phi) is 6.67. The van der Waals surface area contributed by atoms with Crippen molar-refractivity contribution < 1.29 is 13.2 Å². The van der Waals surface area contributed by atoms with Crippen LogP contribution in [0.5, 0.6) is 5.75 Å². The van der Waals surface area contributed by atoms with Gasteiger partial charge in [-0.2, -0.15) is 5.10 Å². The van der Waals surface area contributed by atoms with E-state index in [1.54, 1.807) is 25.1 Å². The van der Waals surface area contributed by atoms with Gasteiger partial charge in [-0.25, -0.2) is 17.8 Å². The van der Waals surface area contributed by atoms with Crippen molar-refractivity contribution in [3.05, 3.63) is 75.6 Å². The van der Waals surface area contributed by atoms with Crippen LogP contribution in [0.1, 0.15) is 49.4 Å². The Morgan fingerprint density at radius 1 is 1.09 bits per heavy atom. The maximum atomic E-state index is 13.4. The molecule has 174 valence electrons. The number of hydrogen-bond donors (Lipinski definition) is 1. The third kappa shape index (κ3) is 4.58. The molecule has 1 heterocycles. The predicted octanol–water partition coefficient (Wildman–Crippen LogP) is 3.86. The number of ether oxygens (including phenoxy) is 1. The lowest BCUT2D eigenvalue weighted by Gasteiger charge is -2.21. The van der Waals surface area contributed by atoms with E-state index in [2.05, 4.69) is 9.82 Å². The van der Waals surface area contributed by atoms with E-state index in [9.17, 15) is 13.2 Å². The molecule has 0 spiro atoms. The van der Waals surface area contributed by atoms with Gasteiger partial charge >= 0.3 is 0 Å². The second-order valence-corrected chi connectivity index (χ2v) is 9.94. The highest BCUT2D eigenvalue weighted by atomic mass is 32.2. The Balaban J connectivity index is 1.81. The number of nitrogens with one attached hydrogen (secondary N) is 1. The first-order chi connectivity index (χ1) is 15.9. The molecule has 0 aliphatic heterocycles. The summed E-state index contributed by atoms with van der Waals surface area (Å²) in [6.07, 6.45) is 3.43. The van der Waals surface area contributed by atoms with E-state index in [0.29, 0.717) is 17.8 Å². The summed E-state index contributed by atoms with van der Waals surface area (Å²) in [5, 5.41) is 4.61. The normalized spacial score (nSPS) is 14.5. The van der Waals surface area contributed by atoms with Gasteiger partial charge in [0.25, 0.3) is 5.56 Å². The van der Waals surface area contributed by atoms with E-state index in [1.807, 2.05) is 37.3 Å². The minimum absolute atomic E-state index is 0.0457. The molecule has 0 saturated carbocycles. The van der Waals surface area contributed by atoms with Crippen LogP contribution in [0.3, 0.4) is 0 Å². The molecule has 2 aromatic carbocycles. The van der Waals surface area contributed by atoms with Crippen molar-refractivity contribution in [2.45, 2.75) is 57.0 Å². The highest BCUT2D eigenvalue weighted by molar-refractivity contribution is 7.89. The molecular formula is C25H29N3O4S. The molecule has 1 N–H and O–H groups in total. The molecule has 8 heteroatoms. The number of rotatable bonds is 7. The summed E-state index contributed by atoms with van der Waals surface area (Å²) in [7, 11) is -2.45. The van der Waals surface area contributed by atoms with Crippen LogP contribution in [0, 0.1) is 0 Å². The standard InChI is InChI=1S/C25H29N3O4S/c1-4-28-25(29)21-13-9-8-12-20(21)24(26-28)19-14-15-22(32-3)23(16-19)33(30,31)27-17(2)18-10-6-5-7-11-18/h5-7,10-11,14-17,27H,4,8-9,12-13H2,1-3H3. The summed E-state index contributed by atoms with van der Waals surface area (Å²) in [6, 6.07) is 14.0. The molecule has 4 rings (SSSR count). The van der Waals surface area contributed by atoms with Gasteiger partial charge in [-0.15, -0.1) is 0 Å². The molecule has 0 radical (unpaired) electrons. The summed E-state index contributed by atoms with van der Waals surface area (Å²) >= 11 is 0. The molecule has 1 aliphatic rings. The smallest absolute Gasteiger partial charge is 0.270 e. The summed E-state index contributed by atoms with van der Waals surface area (Å²) < 4.78 is 36.4. The van der Waals surface area contributed by atoms with Crippen molar-refractivity contribution in [2.24, 2.45) is 0 Å². The maximum Gasteiger partial charge on any atom is 0.270 e. The molecule has 1 unspecified atom stereocenters. The van der Waals surface area contributed by atoms with Gasteiger partial charge < -0.3 is 4.74 Å². The molecule has 0 saturated heterocycles. The fourth-order valence-corrected chi connectivity index (χ4v) is 5.80. The van der Waals surface area contributed by atoms with Gasteiger partial charge in [0.05, 0.1) is 12.8 Å². The van der Waals surface area contributed by atoms with Crippen molar-refractivity contribution in [3.8, 4) is 17.0 Å². The molecule has 1 aliphatic carbocycles. The zero-order valence-electron chi connectivity index (χ0n) is 19.2. The first kappa shape index (κ1) is 23.2. The van der Waals surface area contributed by atoms with Gasteiger partial charge in [0, 0.05) is 23.7 Å². The Hall–Kier alpha value is -2.97. The highest BCUT2D eigenvalue weighted by Crippen LogP contribution is 2.33. The average Bonchev–Trinajstić information content (AvgIpc) is 2.84. The third-order valence-corrected chi connectivity index (χ3v) is 7.69. The van der Waals surface area contributed by atoms with Gasteiger partial charge in [0.15, 0.2) is 0 Å². The summed E-state index contributed by atoms with van der Waals surface area (Å²) in [4.78, 5) is 12.8. The van der Waals surface area contributed by atoms with Crippen molar-refractivity contribution in [3.63, 3.8) is 0 Å². The van der Waals surface area contributed by atoms with E-state index in [0.717, 1.165) is 42.4 Å². The Labute approximate surface area is 194 Å². The highest BCUT2D eigenvalue weighted by Gasteiger charge is 2.26. The summed E-state index contributed by atoms with van der Waals surface area (Å²) in [5.41, 5.74) is 3.86. The molecule has 0 amide bonds. The second-order valence-electron chi connectivity index (χ2n) is 8.25. The fraction of sp³-hybridized carbons (Fsp3) is 0.360. The van der Waals surface area contributed by atoms with Gasteiger partial charge in [-0.3, -0.25) is 4.79 Å². The quantitative estimate of drug-likeness (QED) is 0.570. The van der Waals surface area contributed by atoms with Crippen LogP contribution in [0.2, 0.25) is 0 Å². The minimum atomic E-state index is -3.90. The Bertz CT molecular complexity index is 1320. The molecule has 33 heavy (non-hydrogen) atoms. The molecule has 1 aromatic heterocycles. The zero-order chi connectivity index (χ0) is 23.6. The predicted molar refractivity (Wildman–Crippen MR) is 128 cm³/mol. The van der Waals surface area contributed by atoms with Crippen molar-refractivity contribution in [2.75, 3.05) is 7.11 Å². The van der Waals surface area contributed by atoms with E-state index >= 15 is 0 Å². The van der Waals surface area contributed by atoms with E-state index in [-0.39, 0.29) is 16.2 Å². The molecule has 7 nitrogen and oxygen atoms in total. The average molecular weight is 468 g/mol. The lowest BCUT2D eigenvalue weighted by Crippen LogP contribution is -2.30. The number of sulfonamides is 1. The lowest BCUT2D eigenvalue weighted by molar-refractivity contribution is 0.402. The minimum Gasteiger partial charge on any atom is -0.495 e. The van der Waals surface area contributed by atoms with Crippen LogP contribution < -0.4 is 15.0 Å². The van der Waals surface area contributed by atoms with Gasteiger partial charge in [0.2, 0.25) is 10.0 Å². The Morgan fingerprint density at radius 2 is 1.79 bits per heavy atom. The number of aromatic nitrogens is 2. The first-order valence-electron chi connectivity index (χ1n) is 11.2. The van der Waals surface area contributed by atoms with Crippen LogP contribution in [0.25, 0.3) is 11.3 Å². The van der Waals surface area contributed by atoms with E-state index in [1.165, 1.54) is 11.8 Å².